The molecule has 1 atom stereocenters. The highest BCUT2D eigenvalue weighted by atomic mass is 19.1. The van der Waals surface area contributed by atoms with Crippen molar-refractivity contribution in [3.8, 4) is 6.07 Å². The van der Waals surface area contributed by atoms with Gasteiger partial charge in [-0.1, -0.05) is 32.9 Å². The largest absolute Gasteiger partial charge is 0.383 e. The van der Waals surface area contributed by atoms with Gasteiger partial charge in [-0.3, -0.25) is 9.99 Å². The standard InChI is InChI=1S/C28H31F2N7/c1-16-24(30)22(11-21-25(16)32-13-18(12-31)26(21)33-15-28(2,3)4)34-27(17-5-7-19(29)8-6-17)23-14-37(36-35-23)20-9-10-20/h5-8,11,13-14,20,27,34-36H,9-10,15H2,1-4H3,(H,32,33)/t27-/m1/s1/i27D. The lowest BCUT2D eigenvalue weighted by molar-refractivity contribution is 0.260. The van der Waals surface area contributed by atoms with Crippen molar-refractivity contribution in [3.63, 3.8) is 0 Å². The highest BCUT2D eigenvalue weighted by molar-refractivity contribution is 5.98. The third-order valence-corrected chi connectivity index (χ3v) is 6.43. The molecule has 0 saturated heterocycles. The zero-order valence-electron chi connectivity index (χ0n) is 22.3. The maximum absolute atomic E-state index is 15.8. The third kappa shape index (κ3) is 5.16. The first-order chi connectivity index (χ1) is 18.0. The van der Waals surface area contributed by atoms with Crippen molar-refractivity contribution in [3.05, 3.63) is 76.8 Å². The number of hydrogen-bond donors (Lipinski definition) is 4. The second kappa shape index (κ2) is 9.52. The molecule has 3 aromatic rings. The van der Waals surface area contributed by atoms with Gasteiger partial charge in [0.25, 0.3) is 0 Å². The SMILES string of the molecule is [2H][C@](Nc1cc2c(NCC(C)(C)C)c(C#N)cnc2c(C)c1F)(C1=CN(C2CC2)NN1)c1ccc(F)cc1. The number of halogens is 2. The lowest BCUT2D eigenvalue weighted by atomic mass is 9.96. The van der Waals surface area contributed by atoms with Crippen LogP contribution in [0.1, 0.15) is 57.7 Å². The van der Waals surface area contributed by atoms with E-state index < -0.39 is 17.7 Å². The summed E-state index contributed by atoms with van der Waals surface area (Å²) in [6.45, 7) is 8.43. The highest BCUT2D eigenvalue weighted by Gasteiger charge is 2.32. The smallest absolute Gasteiger partial charge is 0.151 e. The molecule has 2 aromatic carbocycles. The molecule has 1 saturated carbocycles. The monoisotopic (exact) mass is 504 g/mol. The van der Waals surface area contributed by atoms with Gasteiger partial charge in [0.05, 0.1) is 35.5 Å². The summed E-state index contributed by atoms with van der Waals surface area (Å²) in [5.41, 5.74) is 8.59. The molecule has 2 aliphatic rings. The van der Waals surface area contributed by atoms with Crippen LogP contribution in [0.2, 0.25) is 0 Å². The van der Waals surface area contributed by atoms with Crippen LogP contribution < -0.4 is 21.6 Å². The quantitative estimate of drug-likeness (QED) is 0.332. The molecule has 7 nitrogen and oxygen atoms in total. The fraction of sp³-hybridized carbons (Fsp3) is 0.357. The molecule has 1 fully saturated rings. The van der Waals surface area contributed by atoms with Gasteiger partial charge < -0.3 is 16.1 Å². The van der Waals surface area contributed by atoms with Crippen molar-refractivity contribution in [2.75, 3.05) is 17.2 Å². The van der Waals surface area contributed by atoms with Gasteiger partial charge in [-0.05, 0) is 48.9 Å². The van der Waals surface area contributed by atoms with E-state index in [2.05, 4.69) is 53.4 Å². The molecule has 0 unspecified atom stereocenters. The first kappa shape index (κ1) is 23.5. The van der Waals surface area contributed by atoms with Crippen LogP contribution in [0.3, 0.4) is 0 Å². The second-order valence-corrected chi connectivity index (χ2v) is 10.8. The van der Waals surface area contributed by atoms with E-state index in [-0.39, 0.29) is 11.1 Å². The van der Waals surface area contributed by atoms with Gasteiger partial charge >= 0.3 is 0 Å². The summed E-state index contributed by atoms with van der Waals surface area (Å²) in [6, 6.07) is 7.98. The first-order valence-electron chi connectivity index (χ1n) is 12.8. The van der Waals surface area contributed by atoms with Crippen molar-refractivity contribution < 1.29 is 10.2 Å². The zero-order chi connectivity index (χ0) is 27.2. The number of anilines is 2. The van der Waals surface area contributed by atoms with Gasteiger partial charge in [0.1, 0.15) is 11.9 Å². The number of benzene rings is 2. The number of hydrogen-bond acceptors (Lipinski definition) is 7. The number of pyridine rings is 1. The normalized spacial score (nSPS) is 17.5. The van der Waals surface area contributed by atoms with Gasteiger partial charge in [0, 0.05) is 35.9 Å². The van der Waals surface area contributed by atoms with Crippen LogP contribution in [0.5, 0.6) is 0 Å². The molecule has 2 heterocycles. The van der Waals surface area contributed by atoms with Gasteiger partial charge in [0.2, 0.25) is 0 Å². The molecule has 9 heteroatoms. The Kier molecular flexibility index (Phi) is 6.05. The van der Waals surface area contributed by atoms with Crippen molar-refractivity contribution in [2.45, 2.75) is 52.6 Å². The molecular weight excluding hydrogens is 472 g/mol. The van der Waals surface area contributed by atoms with E-state index in [1.807, 2.05) is 5.01 Å². The van der Waals surface area contributed by atoms with Gasteiger partial charge in [-0.25, -0.2) is 8.78 Å². The summed E-state index contributed by atoms with van der Waals surface area (Å²) in [4.78, 5) is 4.38. The minimum Gasteiger partial charge on any atom is -0.383 e. The van der Waals surface area contributed by atoms with E-state index >= 15 is 4.39 Å². The van der Waals surface area contributed by atoms with Gasteiger partial charge in [-0.15, -0.1) is 5.53 Å². The number of rotatable bonds is 7. The number of aryl methyl sites for hydroxylation is 1. The number of nitrogens with one attached hydrogen (secondary N) is 4. The molecule has 0 radical (unpaired) electrons. The Morgan fingerprint density at radius 1 is 1.27 bits per heavy atom. The first-order valence-corrected chi connectivity index (χ1v) is 12.3. The lowest BCUT2D eigenvalue weighted by Gasteiger charge is -2.24. The van der Waals surface area contributed by atoms with Crippen LogP contribution in [-0.4, -0.2) is 22.6 Å². The second-order valence-electron chi connectivity index (χ2n) is 10.8. The average molecular weight is 505 g/mol. The molecule has 1 aromatic heterocycles. The summed E-state index contributed by atoms with van der Waals surface area (Å²) in [6.07, 6.45) is 5.30. The minimum atomic E-state index is -1.69. The molecule has 0 spiro atoms. The van der Waals surface area contributed by atoms with E-state index in [1.54, 1.807) is 19.2 Å². The lowest BCUT2D eigenvalue weighted by Crippen LogP contribution is -2.38. The number of fused-ring (bicyclic) bond motifs is 1. The average Bonchev–Trinajstić information content (AvgIpc) is 3.61. The van der Waals surface area contributed by atoms with E-state index in [0.29, 0.717) is 51.6 Å². The number of aromatic nitrogens is 1. The Labute approximate surface area is 216 Å². The molecule has 192 valence electrons. The van der Waals surface area contributed by atoms with Crippen molar-refractivity contribution in [2.24, 2.45) is 5.41 Å². The molecule has 37 heavy (non-hydrogen) atoms. The zero-order valence-corrected chi connectivity index (χ0v) is 21.3. The summed E-state index contributed by atoms with van der Waals surface area (Å²) in [5.74, 6) is -0.986. The fourth-order valence-electron chi connectivity index (χ4n) is 4.25. The summed E-state index contributed by atoms with van der Waals surface area (Å²) >= 11 is 0. The van der Waals surface area contributed by atoms with Crippen LogP contribution in [0.15, 0.2) is 48.4 Å². The maximum Gasteiger partial charge on any atom is 0.151 e. The molecule has 1 aliphatic heterocycles. The highest BCUT2D eigenvalue weighted by Crippen LogP contribution is 2.37. The molecule has 5 rings (SSSR count). The topological polar surface area (TPSA) is 88.0 Å². The molecule has 4 N–H and O–H groups in total. The fourth-order valence-corrected chi connectivity index (χ4v) is 4.25. The van der Waals surface area contributed by atoms with Crippen LogP contribution in [0.4, 0.5) is 20.2 Å². The van der Waals surface area contributed by atoms with Crippen molar-refractivity contribution in [1.29, 1.82) is 5.26 Å². The minimum absolute atomic E-state index is 0.0672. The van der Waals surface area contributed by atoms with E-state index in [1.165, 1.54) is 30.5 Å². The van der Waals surface area contributed by atoms with Crippen LogP contribution in [0.25, 0.3) is 10.9 Å². The van der Waals surface area contributed by atoms with Gasteiger partial charge in [-0.2, -0.15) is 5.26 Å². The summed E-state index contributed by atoms with van der Waals surface area (Å²) in [5, 5.41) is 18.7. The van der Waals surface area contributed by atoms with Crippen LogP contribution in [0, 0.1) is 35.3 Å². The Balaban J connectivity index is 1.64. The Bertz CT molecular complexity index is 1460. The predicted molar refractivity (Wildman–Crippen MR) is 141 cm³/mol. The van der Waals surface area contributed by atoms with Crippen molar-refractivity contribution in [1.82, 2.24) is 21.0 Å². The Morgan fingerprint density at radius 2 is 2.00 bits per heavy atom. The molecule has 0 amide bonds. The van der Waals surface area contributed by atoms with Crippen molar-refractivity contribution >= 4 is 22.3 Å². The van der Waals surface area contributed by atoms with E-state index in [0.717, 1.165) is 12.8 Å². The van der Waals surface area contributed by atoms with Crippen LogP contribution >= 0.6 is 0 Å². The maximum atomic E-state index is 15.8. The summed E-state index contributed by atoms with van der Waals surface area (Å²) in [7, 11) is 0. The number of nitrogens with zero attached hydrogens (tertiary/aromatic N) is 3. The van der Waals surface area contributed by atoms with E-state index in [9.17, 15) is 11.0 Å². The molecule has 1 aliphatic carbocycles. The number of nitriles is 1. The Hall–Kier alpha value is -3.90. The Morgan fingerprint density at radius 3 is 2.65 bits per heavy atom. The predicted octanol–water partition coefficient (Wildman–Crippen LogP) is 5.63. The summed E-state index contributed by atoms with van der Waals surface area (Å²) < 4.78 is 39.1. The van der Waals surface area contributed by atoms with Gasteiger partial charge in [0.15, 0.2) is 5.82 Å². The van der Waals surface area contributed by atoms with E-state index in [4.69, 9.17) is 0 Å². The number of hydrazine groups is 2. The molecule has 0 bridgehead atoms. The molecular formula is C28H31F2N7. The van der Waals surface area contributed by atoms with Crippen LogP contribution in [-0.2, 0) is 0 Å². The third-order valence-electron chi connectivity index (χ3n) is 6.43.